The van der Waals surface area contributed by atoms with E-state index >= 15 is 0 Å². The number of ether oxygens (including phenoxy) is 2. The highest BCUT2D eigenvalue weighted by molar-refractivity contribution is 14.1. The molecule has 0 fully saturated rings. The number of carbonyl (C=O) groups is 1. The van der Waals surface area contributed by atoms with Crippen LogP contribution in [0.25, 0.3) is 0 Å². The molecule has 0 saturated carbocycles. The van der Waals surface area contributed by atoms with Crippen molar-refractivity contribution in [2.45, 2.75) is 45.4 Å². The predicted molar refractivity (Wildman–Crippen MR) is 88.9 cm³/mol. The number of carbonyl (C=O) groups excluding carboxylic acids is 1. The third-order valence-corrected chi connectivity index (χ3v) is 3.68. The van der Waals surface area contributed by atoms with Gasteiger partial charge in [-0.15, -0.1) is 0 Å². The van der Waals surface area contributed by atoms with E-state index in [0.29, 0.717) is 13.2 Å². The predicted octanol–water partition coefficient (Wildman–Crippen LogP) is 4.96. The number of unbranched alkanes of at least 4 members (excludes halogenated alkanes) is 3. The first kappa shape index (κ1) is 17.3. The SMILES string of the molecule is CCCCCCOC(=O)OCCCc1ccc(I)cc1. The lowest BCUT2D eigenvalue weighted by molar-refractivity contribution is 0.0534. The van der Waals surface area contributed by atoms with E-state index in [1.54, 1.807) is 0 Å². The number of aryl methyl sites for hydroxylation is 1. The maximum atomic E-state index is 11.3. The van der Waals surface area contributed by atoms with Crippen molar-refractivity contribution >= 4 is 28.7 Å². The van der Waals surface area contributed by atoms with E-state index in [-0.39, 0.29) is 0 Å². The van der Waals surface area contributed by atoms with Crippen LogP contribution in [-0.2, 0) is 15.9 Å². The van der Waals surface area contributed by atoms with Gasteiger partial charge in [0.2, 0.25) is 0 Å². The molecular weight excluding hydrogens is 367 g/mol. The highest BCUT2D eigenvalue weighted by Crippen LogP contribution is 2.08. The van der Waals surface area contributed by atoms with E-state index in [4.69, 9.17) is 9.47 Å². The maximum absolute atomic E-state index is 11.3. The Morgan fingerprint density at radius 2 is 1.65 bits per heavy atom. The number of hydrogen-bond acceptors (Lipinski definition) is 3. The van der Waals surface area contributed by atoms with Crippen molar-refractivity contribution in [1.29, 1.82) is 0 Å². The lowest BCUT2D eigenvalue weighted by Crippen LogP contribution is -2.10. The molecule has 1 rings (SSSR count). The molecule has 0 bridgehead atoms. The summed E-state index contributed by atoms with van der Waals surface area (Å²) in [6.45, 7) is 3.04. The zero-order chi connectivity index (χ0) is 14.6. The minimum Gasteiger partial charge on any atom is -0.434 e. The van der Waals surface area contributed by atoms with E-state index in [1.807, 2.05) is 0 Å². The lowest BCUT2D eigenvalue weighted by atomic mass is 10.1. The average Bonchev–Trinajstić information content (AvgIpc) is 2.45. The Balaban J connectivity index is 2.00. The molecule has 0 aliphatic rings. The largest absolute Gasteiger partial charge is 0.508 e. The standard InChI is InChI=1S/C16H23IO3/c1-2-3-4-5-12-19-16(18)20-13-6-7-14-8-10-15(17)11-9-14/h8-11H,2-7,12-13H2,1H3. The minimum absolute atomic E-state index is 0.416. The minimum atomic E-state index is -0.538. The summed E-state index contributed by atoms with van der Waals surface area (Å²) in [4.78, 5) is 11.3. The van der Waals surface area contributed by atoms with Crippen LogP contribution in [0.15, 0.2) is 24.3 Å². The van der Waals surface area contributed by atoms with Gasteiger partial charge < -0.3 is 9.47 Å². The molecule has 0 amide bonds. The van der Waals surface area contributed by atoms with E-state index < -0.39 is 6.16 Å². The summed E-state index contributed by atoms with van der Waals surface area (Å²) in [5.74, 6) is 0. The van der Waals surface area contributed by atoms with Crippen molar-refractivity contribution in [3.05, 3.63) is 33.4 Å². The van der Waals surface area contributed by atoms with E-state index in [9.17, 15) is 4.79 Å². The normalized spacial score (nSPS) is 10.3. The summed E-state index contributed by atoms with van der Waals surface area (Å²) in [5, 5.41) is 0. The van der Waals surface area contributed by atoms with Crippen LogP contribution in [-0.4, -0.2) is 19.4 Å². The van der Waals surface area contributed by atoms with Gasteiger partial charge in [-0.2, -0.15) is 0 Å². The number of hydrogen-bond donors (Lipinski definition) is 0. The van der Waals surface area contributed by atoms with Gasteiger partial charge in [0.25, 0.3) is 0 Å². The molecule has 20 heavy (non-hydrogen) atoms. The molecule has 112 valence electrons. The second-order valence-electron chi connectivity index (χ2n) is 4.74. The van der Waals surface area contributed by atoms with Gasteiger partial charge in [0.1, 0.15) is 0 Å². The fourth-order valence-electron chi connectivity index (χ4n) is 1.81. The third kappa shape index (κ3) is 8.40. The molecule has 0 heterocycles. The van der Waals surface area contributed by atoms with Gasteiger partial charge in [0.15, 0.2) is 0 Å². The summed E-state index contributed by atoms with van der Waals surface area (Å²) in [6.07, 6.45) is 5.61. The summed E-state index contributed by atoms with van der Waals surface area (Å²) in [7, 11) is 0. The Morgan fingerprint density at radius 1 is 1.00 bits per heavy atom. The second kappa shape index (κ2) is 10.9. The van der Waals surface area contributed by atoms with Crippen molar-refractivity contribution in [3.8, 4) is 0 Å². The van der Waals surface area contributed by atoms with Gasteiger partial charge in [-0.05, 0) is 59.5 Å². The number of rotatable bonds is 9. The molecule has 0 aliphatic carbocycles. The summed E-state index contributed by atoms with van der Waals surface area (Å²) < 4.78 is 11.3. The first-order chi connectivity index (χ1) is 9.72. The lowest BCUT2D eigenvalue weighted by Gasteiger charge is -2.06. The zero-order valence-corrected chi connectivity index (χ0v) is 14.2. The van der Waals surface area contributed by atoms with Crippen molar-refractivity contribution < 1.29 is 14.3 Å². The fraction of sp³-hybridized carbons (Fsp3) is 0.562. The summed E-state index contributed by atoms with van der Waals surface area (Å²) in [6, 6.07) is 8.38. The molecule has 3 nitrogen and oxygen atoms in total. The van der Waals surface area contributed by atoms with Gasteiger partial charge in [-0.25, -0.2) is 4.79 Å². The van der Waals surface area contributed by atoms with Gasteiger partial charge in [-0.1, -0.05) is 38.3 Å². The van der Waals surface area contributed by atoms with Crippen molar-refractivity contribution in [2.24, 2.45) is 0 Å². The molecule has 1 aromatic carbocycles. The van der Waals surface area contributed by atoms with Crippen LogP contribution in [0.5, 0.6) is 0 Å². The Morgan fingerprint density at radius 3 is 2.30 bits per heavy atom. The van der Waals surface area contributed by atoms with Gasteiger partial charge in [0.05, 0.1) is 13.2 Å². The van der Waals surface area contributed by atoms with Crippen molar-refractivity contribution in [3.63, 3.8) is 0 Å². The van der Waals surface area contributed by atoms with Gasteiger partial charge in [0, 0.05) is 3.57 Å². The molecule has 0 N–H and O–H groups in total. The van der Waals surface area contributed by atoms with Crippen LogP contribution in [0.3, 0.4) is 0 Å². The van der Waals surface area contributed by atoms with E-state index in [2.05, 4.69) is 53.8 Å². The topological polar surface area (TPSA) is 35.5 Å². The third-order valence-electron chi connectivity index (χ3n) is 2.96. The number of halogens is 1. The van der Waals surface area contributed by atoms with Crippen LogP contribution in [0, 0.1) is 3.57 Å². The molecule has 0 aromatic heterocycles. The molecular formula is C16H23IO3. The van der Waals surface area contributed by atoms with Gasteiger partial charge >= 0.3 is 6.16 Å². The zero-order valence-electron chi connectivity index (χ0n) is 12.1. The van der Waals surface area contributed by atoms with Crippen LogP contribution in [0.4, 0.5) is 4.79 Å². The molecule has 0 aliphatic heterocycles. The van der Waals surface area contributed by atoms with Crippen LogP contribution < -0.4 is 0 Å². The molecule has 0 atom stereocenters. The average molecular weight is 390 g/mol. The van der Waals surface area contributed by atoms with E-state index in [0.717, 1.165) is 25.7 Å². The van der Waals surface area contributed by atoms with Gasteiger partial charge in [-0.3, -0.25) is 0 Å². The van der Waals surface area contributed by atoms with Crippen molar-refractivity contribution in [1.82, 2.24) is 0 Å². The summed E-state index contributed by atoms with van der Waals surface area (Å²) >= 11 is 2.29. The smallest absolute Gasteiger partial charge is 0.434 e. The van der Waals surface area contributed by atoms with Crippen molar-refractivity contribution in [2.75, 3.05) is 13.2 Å². The molecule has 0 spiro atoms. The first-order valence-corrected chi connectivity index (χ1v) is 8.34. The highest BCUT2D eigenvalue weighted by Gasteiger charge is 2.03. The van der Waals surface area contributed by atoms with Crippen LogP contribution in [0.2, 0.25) is 0 Å². The van der Waals surface area contributed by atoms with Crippen LogP contribution >= 0.6 is 22.6 Å². The monoisotopic (exact) mass is 390 g/mol. The number of benzene rings is 1. The molecule has 1 aromatic rings. The fourth-order valence-corrected chi connectivity index (χ4v) is 2.17. The Bertz CT molecular complexity index is 376. The first-order valence-electron chi connectivity index (χ1n) is 7.26. The van der Waals surface area contributed by atoms with Crippen LogP contribution in [0.1, 0.15) is 44.6 Å². The highest BCUT2D eigenvalue weighted by atomic mass is 127. The molecule has 0 radical (unpaired) electrons. The maximum Gasteiger partial charge on any atom is 0.508 e. The Hall–Kier alpha value is -0.780. The van der Waals surface area contributed by atoms with E-state index in [1.165, 1.54) is 22.0 Å². The quantitative estimate of drug-likeness (QED) is 0.340. The Labute approximate surface area is 135 Å². The summed E-state index contributed by atoms with van der Waals surface area (Å²) in [5.41, 5.74) is 1.27. The molecule has 0 unspecified atom stereocenters. The Kier molecular flexibility index (Phi) is 9.45. The molecule has 4 heteroatoms. The second-order valence-corrected chi connectivity index (χ2v) is 5.98. The molecule has 0 saturated heterocycles.